The first-order valence-electron chi connectivity index (χ1n) is 10.2. The Labute approximate surface area is 166 Å². The van der Waals surface area contributed by atoms with Gasteiger partial charge in [0, 0.05) is 31.6 Å². The molecule has 2 atom stereocenters. The minimum Gasteiger partial charge on any atom is -0.494 e. The molecule has 5 heteroatoms. The van der Waals surface area contributed by atoms with Crippen molar-refractivity contribution in [2.45, 2.75) is 44.0 Å². The Balaban J connectivity index is 1.34. The third kappa shape index (κ3) is 4.02. The van der Waals surface area contributed by atoms with Crippen LogP contribution in [0.2, 0.25) is 0 Å². The lowest BCUT2D eigenvalue weighted by molar-refractivity contribution is -0.0587. The van der Waals surface area contributed by atoms with Gasteiger partial charge in [0.05, 0.1) is 18.8 Å². The standard InChI is InChI=1S/C23H29NO4/c1-2-27-18-9-7-17(8-10-18)21(26)16-24-13-11-23(12-14-24)15-20(25)19-5-3-4-6-22(19)28-23/h3-10,20-21,25-26H,2,11-16H2,1H3/t20-,21-/m1/s1. The molecule has 2 aromatic rings. The largest absolute Gasteiger partial charge is 0.494 e. The van der Waals surface area contributed by atoms with Crippen molar-refractivity contribution >= 4 is 0 Å². The van der Waals surface area contributed by atoms with Crippen molar-refractivity contribution in [3.8, 4) is 11.5 Å². The maximum Gasteiger partial charge on any atom is 0.125 e. The summed E-state index contributed by atoms with van der Waals surface area (Å²) in [6, 6.07) is 15.4. The van der Waals surface area contributed by atoms with Gasteiger partial charge in [-0.05, 0) is 43.5 Å². The third-order valence-corrected chi connectivity index (χ3v) is 5.94. The molecule has 0 radical (unpaired) electrons. The second kappa shape index (κ2) is 8.11. The number of ether oxygens (including phenoxy) is 2. The molecule has 0 aromatic heterocycles. The normalized spacial score (nSPS) is 22.3. The van der Waals surface area contributed by atoms with E-state index in [-0.39, 0.29) is 5.60 Å². The second-order valence-corrected chi connectivity index (χ2v) is 7.86. The summed E-state index contributed by atoms with van der Waals surface area (Å²) in [4.78, 5) is 2.28. The number of rotatable bonds is 5. The Morgan fingerprint density at radius 2 is 1.86 bits per heavy atom. The molecule has 1 spiro atoms. The monoisotopic (exact) mass is 383 g/mol. The molecule has 2 heterocycles. The summed E-state index contributed by atoms with van der Waals surface area (Å²) >= 11 is 0. The fourth-order valence-electron chi connectivity index (χ4n) is 4.34. The highest BCUT2D eigenvalue weighted by atomic mass is 16.5. The van der Waals surface area contributed by atoms with E-state index in [9.17, 15) is 10.2 Å². The minimum absolute atomic E-state index is 0.297. The van der Waals surface area contributed by atoms with E-state index in [1.54, 1.807) is 0 Å². The number of hydrogen-bond donors (Lipinski definition) is 2. The van der Waals surface area contributed by atoms with Gasteiger partial charge in [-0.3, -0.25) is 0 Å². The van der Waals surface area contributed by atoms with Gasteiger partial charge < -0.3 is 24.6 Å². The summed E-state index contributed by atoms with van der Waals surface area (Å²) < 4.78 is 11.8. The minimum atomic E-state index is -0.525. The Bertz CT molecular complexity index is 783. The molecular formula is C23H29NO4. The van der Waals surface area contributed by atoms with Crippen LogP contribution in [0, 0.1) is 0 Å². The number of piperidine rings is 1. The van der Waals surface area contributed by atoms with Crippen molar-refractivity contribution in [2.24, 2.45) is 0 Å². The fraction of sp³-hybridized carbons (Fsp3) is 0.478. The first-order valence-corrected chi connectivity index (χ1v) is 10.2. The van der Waals surface area contributed by atoms with E-state index in [1.165, 1.54) is 0 Å². The maximum atomic E-state index is 10.6. The van der Waals surface area contributed by atoms with Crippen LogP contribution in [0.3, 0.4) is 0 Å². The molecule has 1 saturated heterocycles. The average Bonchev–Trinajstić information content (AvgIpc) is 2.71. The van der Waals surface area contributed by atoms with Crippen LogP contribution in [0.25, 0.3) is 0 Å². The predicted octanol–water partition coefficient (Wildman–Crippen LogP) is 3.47. The maximum absolute atomic E-state index is 10.6. The number of aliphatic hydroxyl groups excluding tert-OH is 2. The molecule has 2 aliphatic heterocycles. The van der Waals surface area contributed by atoms with Crippen molar-refractivity contribution in [1.29, 1.82) is 0 Å². The molecule has 2 aliphatic rings. The molecule has 1 fully saturated rings. The molecule has 0 bridgehead atoms. The van der Waals surface area contributed by atoms with Crippen LogP contribution in [0.5, 0.6) is 11.5 Å². The van der Waals surface area contributed by atoms with E-state index in [4.69, 9.17) is 9.47 Å². The zero-order chi connectivity index (χ0) is 19.6. The van der Waals surface area contributed by atoms with Gasteiger partial charge in [-0.15, -0.1) is 0 Å². The van der Waals surface area contributed by atoms with Gasteiger partial charge in [-0.25, -0.2) is 0 Å². The first kappa shape index (κ1) is 19.2. The number of fused-ring (bicyclic) bond motifs is 1. The molecule has 150 valence electrons. The Kier molecular flexibility index (Phi) is 5.58. The van der Waals surface area contributed by atoms with Gasteiger partial charge in [0.25, 0.3) is 0 Å². The summed E-state index contributed by atoms with van der Waals surface area (Å²) in [5.41, 5.74) is 1.50. The van der Waals surface area contributed by atoms with E-state index < -0.39 is 12.2 Å². The molecule has 0 aliphatic carbocycles. The quantitative estimate of drug-likeness (QED) is 0.828. The topological polar surface area (TPSA) is 62.2 Å². The molecule has 0 unspecified atom stereocenters. The molecule has 0 saturated carbocycles. The lowest BCUT2D eigenvalue weighted by Crippen LogP contribution is -2.51. The second-order valence-electron chi connectivity index (χ2n) is 7.86. The molecule has 5 nitrogen and oxygen atoms in total. The molecule has 2 N–H and O–H groups in total. The van der Waals surface area contributed by atoms with Gasteiger partial charge >= 0.3 is 0 Å². The van der Waals surface area contributed by atoms with E-state index >= 15 is 0 Å². The van der Waals surface area contributed by atoms with Crippen molar-refractivity contribution in [3.63, 3.8) is 0 Å². The Hall–Kier alpha value is -2.08. The highest BCUT2D eigenvalue weighted by molar-refractivity contribution is 5.38. The smallest absolute Gasteiger partial charge is 0.125 e. The number of benzene rings is 2. The lowest BCUT2D eigenvalue weighted by atomic mass is 9.81. The van der Waals surface area contributed by atoms with Crippen molar-refractivity contribution in [1.82, 2.24) is 4.90 Å². The summed E-state index contributed by atoms with van der Waals surface area (Å²) in [6.07, 6.45) is 1.36. The van der Waals surface area contributed by atoms with Gasteiger partial charge in [0.2, 0.25) is 0 Å². The fourth-order valence-corrected chi connectivity index (χ4v) is 4.34. The van der Waals surface area contributed by atoms with Gasteiger partial charge in [-0.2, -0.15) is 0 Å². The zero-order valence-corrected chi connectivity index (χ0v) is 16.4. The van der Waals surface area contributed by atoms with E-state index in [0.29, 0.717) is 19.6 Å². The molecule has 0 amide bonds. The van der Waals surface area contributed by atoms with E-state index in [0.717, 1.165) is 48.6 Å². The lowest BCUT2D eigenvalue weighted by Gasteiger charge is -2.46. The summed E-state index contributed by atoms with van der Waals surface area (Å²) in [5.74, 6) is 1.63. The highest BCUT2D eigenvalue weighted by Gasteiger charge is 2.42. The first-order chi connectivity index (χ1) is 13.6. The van der Waals surface area contributed by atoms with Crippen LogP contribution in [0.15, 0.2) is 48.5 Å². The van der Waals surface area contributed by atoms with Crippen LogP contribution in [-0.2, 0) is 0 Å². The summed E-state index contributed by atoms with van der Waals surface area (Å²) in [5, 5.41) is 21.2. The van der Waals surface area contributed by atoms with Crippen molar-refractivity contribution in [2.75, 3.05) is 26.2 Å². The SMILES string of the molecule is CCOc1ccc([C@H](O)CN2CCC3(CC2)C[C@@H](O)c2ccccc2O3)cc1. The Morgan fingerprint density at radius 1 is 1.14 bits per heavy atom. The number of aliphatic hydroxyl groups is 2. The number of para-hydroxylation sites is 1. The highest BCUT2D eigenvalue weighted by Crippen LogP contribution is 2.44. The zero-order valence-electron chi connectivity index (χ0n) is 16.4. The average molecular weight is 383 g/mol. The van der Waals surface area contributed by atoms with Gasteiger partial charge in [0.1, 0.15) is 17.1 Å². The Morgan fingerprint density at radius 3 is 2.57 bits per heavy atom. The number of likely N-dealkylation sites (tertiary alicyclic amines) is 1. The van der Waals surface area contributed by atoms with Crippen LogP contribution < -0.4 is 9.47 Å². The van der Waals surface area contributed by atoms with E-state index in [1.807, 2.05) is 55.5 Å². The van der Waals surface area contributed by atoms with Crippen LogP contribution >= 0.6 is 0 Å². The van der Waals surface area contributed by atoms with E-state index in [2.05, 4.69) is 4.90 Å². The van der Waals surface area contributed by atoms with Crippen molar-refractivity contribution < 1.29 is 19.7 Å². The number of nitrogens with zero attached hydrogens (tertiary/aromatic N) is 1. The van der Waals surface area contributed by atoms with Crippen molar-refractivity contribution in [3.05, 3.63) is 59.7 Å². The molecule has 4 rings (SSSR count). The summed E-state index contributed by atoms with van der Waals surface area (Å²) in [7, 11) is 0. The third-order valence-electron chi connectivity index (χ3n) is 5.94. The van der Waals surface area contributed by atoms with Gasteiger partial charge in [0.15, 0.2) is 0 Å². The molecule has 28 heavy (non-hydrogen) atoms. The molecular weight excluding hydrogens is 354 g/mol. The van der Waals surface area contributed by atoms with Crippen LogP contribution in [0.1, 0.15) is 49.5 Å². The molecule has 2 aromatic carbocycles. The summed E-state index contributed by atoms with van der Waals surface area (Å²) in [6.45, 7) is 4.90. The number of hydrogen-bond acceptors (Lipinski definition) is 5. The van der Waals surface area contributed by atoms with Crippen LogP contribution in [0.4, 0.5) is 0 Å². The van der Waals surface area contributed by atoms with Gasteiger partial charge in [-0.1, -0.05) is 30.3 Å². The van der Waals surface area contributed by atoms with Crippen LogP contribution in [-0.4, -0.2) is 47.0 Å². The predicted molar refractivity (Wildman–Crippen MR) is 108 cm³/mol. The number of β-amino-alcohol motifs (C(OH)–C–C–N with tert-alkyl or cyclic N) is 1.